The molecule has 2 aromatic carbocycles. The Hall–Kier alpha value is -4.73. The summed E-state index contributed by atoms with van der Waals surface area (Å²) in [6, 6.07) is 16.6. The third-order valence-electron chi connectivity index (χ3n) is 7.88. The molecule has 2 aliphatic rings. The fourth-order valence-corrected chi connectivity index (χ4v) is 5.69. The molecule has 2 aromatic heterocycles. The van der Waals surface area contributed by atoms with E-state index in [4.69, 9.17) is 9.72 Å². The number of carbonyl (C=O) groups excluding carboxylic acids is 3. The molecule has 0 bridgehead atoms. The van der Waals surface area contributed by atoms with Gasteiger partial charge in [0, 0.05) is 70.0 Å². The van der Waals surface area contributed by atoms with Crippen LogP contribution < -0.4 is 4.74 Å². The van der Waals surface area contributed by atoms with Crippen molar-refractivity contribution in [3.05, 3.63) is 71.9 Å². The van der Waals surface area contributed by atoms with Crippen molar-refractivity contribution in [1.29, 1.82) is 0 Å². The van der Waals surface area contributed by atoms with E-state index in [-0.39, 0.29) is 23.8 Å². The summed E-state index contributed by atoms with van der Waals surface area (Å²) in [5, 5.41) is 0. The van der Waals surface area contributed by atoms with E-state index in [1.54, 1.807) is 54.1 Å². The van der Waals surface area contributed by atoms with Gasteiger partial charge in [-0.1, -0.05) is 6.07 Å². The third kappa shape index (κ3) is 5.37. The highest BCUT2D eigenvalue weighted by atomic mass is 16.5. The fourth-order valence-electron chi connectivity index (χ4n) is 5.69. The predicted octanol–water partition coefficient (Wildman–Crippen LogP) is 4.40. The number of H-pyrrole nitrogens is 1. The van der Waals surface area contributed by atoms with Gasteiger partial charge in [0.2, 0.25) is 11.8 Å². The normalized spacial score (nSPS) is 17.2. The van der Waals surface area contributed by atoms with E-state index in [2.05, 4.69) is 9.97 Å². The smallest absolute Gasteiger partial charge is 0.253 e. The Morgan fingerprint density at radius 1 is 0.902 bits per heavy atom. The van der Waals surface area contributed by atoms with Crippen LogP contribution in [0.5, 0.6) is 11.5 Å². The Labute approximate surface area is 237 Å². The van der Waals surface area contributed by atoms with Crippen molar-refractivity contribution in [3.8, 4) is 23.0 Å². The van der Waals surface area contributed by atoms with Crippen LogP contribution in [0.2, 0.25) is 0 Å². The second-order valence-electron chi connectivity index (χ2n) is 10.5. The molecule has 0 aliphatic carbocycles. The minimum Gasteiger partial charge on any atom is -0.457 e. The maximum atomic E-state index is 13.1. The summed E-state index contributed by atoms with van der Waals surface area (Å²) in [5.41, 5.74) is 3.78. The number of hydrogen-bond acceptors (Lipinski definition) is 6. The number of ether oxygens (including phenoxy) is 1. The van der Waals surface area contributed by atoms with Crippen LogP contribution in [0.25, 0.3) is 22.6 Å². The lowest BCUT2D eigenvalue weighted by atomic mass is 10.0. The minimum atomic E-state index is -0.108. The fraction of sp³-hybridized carbons (Fsp3) is 0.323. The molecular formula is C31H32N6O4. The summed E-state index contributed by atoms with van der Waals surface area (Å²) >= 11 is 0. The number of nitrogens with zero attached hydrogens (tertiary/aromatic N) is 5. The molecule has 10 nitrogen and oxygen atoms in total. The number of likely N-dealkylation sites (tertiary alicyclic amines) is 1. The molecule has 2 saturated heterocycles. The number of aromatic nitrogens is 3. The molecule has 0 spiro atoms. The predicted molar refractivity (Wildman–Crippen MR) is 153 cm³/mol. The van der Waals surface area contributed by atoms with Gasteiger partial charge in [-0.15, -0.1) is 0 Å². The number of hydrogen-bond donors (Lipinski definition) is 1. The number of piperazine rings is 1. The first kappa shape index (κ1) is 26.5. The Balaban J connectivity index is 1.28. The van der Waals surface area contributed by atoms with Crippen LogP contribution in [0.15, 0.2) is 60.8 Å². The standard InChI is InChI=1S/C31H32N6O4/c1-20(38)35-14-16-36(17-15-35)31(40)22-8-10-23(11-9-22)41-29-19-27-26(33-30(34-27)25-6-3-4-12-32-25)18-24(29)28-7-5-13-37(28)21(2)39/h3-4,6,8-12,18-19,28H,5,7,13-17H2,1-2H3,(H,33,34). The van der Waals surface area contributed by atoms with E-state index in [1.165, 1.54) is 0 Å². The number of aromatic amines is 1. The molecule has 1 atom stereocenters. The monoisotopic (exact) mass is 552 g/mol. The second kappa shape index (κ2) is 11.0. The zero-order valence-corrected chi connectivity index (χ0v) is 23.2. The first-order chi connectivity index (χ1) is 19.9. The lowest BCUT2D eigenvalue weighted by molar-refractivity contribution is -0.130. The molecule has 2 aliphatic heterocycles. The highest BCUT2D eigenvalue weighted by molar-refractivity contribution is 5.94. The highest BCUT2D eigenvalue weighted by Crippen LogP contribution is 2.41. The van der Waals surface area contributed by atoms with Crippen molar-refractivity contribution in [2.75, 3.05) is 32.7 Å². The minimum absolute atomic E-state index is 0.0305. The molecule has 0 saturated carbocycles. The lowest BCUT2D eigenvalue weighted by Crippen LogP contribution is -2.50. The van der Waals surface area contributed by atoms with Crippen LogP contribution in [0, 0.1) is 0 Å². The molecule has 210 valence electrons. The zero-order valence-electron chi connectivity index (χ0n) is 23.2. The summed E-state index contributed by atoms with van der Waals surface area (Å²) in [4.78, 5) is 55.1. The summed E-state index contributed by atoms with van der Waals surface area (Å²) in [7, 11) is 0. The van der Waals surface area contributed by atoms with Crippen molar-refractivity contribution in [3.63, 3.8) is 0 Å². The van der Waals surface area contributed by atoms with Crippen molar-refractivity contribution < 1.29 is 19.1 Å². The van der Waals surface area contributed by atoms with Gasteiger partial charge in [0.05, 0.1) is 17.1 Å². The SMILES string of the molecule is CC(=O)N1CCN(C(=O)c2ccc(Oc3cc4nc(-c5ccccn5)[nH]c4cc3C3CCCN3C(C)=O)cc2)CC1. The molecule has 4 heterocycles. The first-order valence-electron chi connectivity index (χ1n) is 13.9. The Morgan fingerprint density at radius 2 is 1.66 bits per heavy atom. The van der Waals surface area contributed by atoms with Crippen molar-refractivity contribution in [1.82, 2.24) is 29.7 Å². The molecule has 3 amide bonds. The number of pyridine rings is 1. The van der Waals surface area contributed by atoms with Crippen LogP contribution >= 0.6 is 0 Å². The van der Waals surface area contributed by atoms with E-state index in [0.717, 1.165) is 35.1 Å². The lowest BCUT2D eigenvalue weighted by Gasteiger charge is -2.34. The van der Waals surface area contributed by atoms with Crippen LogP contribution in [0.4, 0.5) is 0 Å². The van der Waals surface area contributed by atoms with E-state index in [9.17, 15) is 14.4 Å². The average Bonchev–Trinajstić information content (AvgIpc) is 3.65. The summed E-state index contributed by atoms with van der Waals surface area (Å²) in [6.07, 6.45) is 3.49. The Bertz CT molecular complexity index is 1590. The van der Waals surface area contributed by atoms with E-state index in [0.29, 0.717) is 55.6 Å². The zero-order chi connectivity index (χ0) is 28.5. The molecular weight excluding hydrogens is 520 g/mol. The van der Waals surface area contributed by atoms with Gasteiger partial charge in [-0.2, -0.15) is 0 Å². The van der Waals surface area contributed by atoms with Crippen LogP contribution in [0.1, 0.15) is 48.7 Å². The molecule has 1 unspecified atom stereocenters. The molecule has 41 heavy (non-hydrogen) atoms. The molecule has 4 aromatic rings. The van der Waals surface area contributed by atoms with Crippen LogP contribution in [-0.4, -0.2) is 80.1 Å². The summed E-state index contributed by atoms with van der Waals surface area (Å²) < 4.78 is 6.42. The van der Waals surface area contributed by atoms with Crippen molar-refractivity contribution >= 4 is 28.8 Å². The molecule has 6 rings (SSSR count). The van der Waals surface area contributed by atoms with Gasteiger partial charge in [0.25, 0.3) is 5.91 Å². The van der Waals surface area contributed by atoms with Gasteiger partial charge in [-0.25, -0.2) is 4.98 Å². The quantitative estimate of drug-likeness (QED) is 0.393. The molecule has 10 heteroatoms. The number of rotatable bonds is 5. The summed E-state index contributed by atoms with van der Waals surface area (Å²) in [5.74, 6) is 1.85. The number of fused-ring (bicyclic) bond motifs is 1. The number of nitrogens with one attached hydrogen (secondary N) is 1. The molecule has 1 N–H and O–H groups in total. The van der Waals surface area contributed by atoms with Gasteiger partial charge < -0.3 is 24.4 Å². The average molecular weight is 553 g/mol. The van der Waals surface area contributed by atoms with E-state index >= 15 is 0 Å². The van der Waals surface area contributed by atoms with E-state index in [1.807, 2.05) is 35.2 Å². The first-order valence-corrected chi connectivity index (χ1v) is 13.9. The van der Waals surface area contributed by atoms with Crippen molar-refractivity contribution in [2.45, 2.75) is 32.7 Å². The number of amides is 3. The van der Waals surface area contributed by atoms with Gasteiger partial charge in [-0.05, 0) is 55.3 Å². The third-order valence-corrected chi connectivity index (χ3v) is 7.88. The Morgan fingerprint density at radius 3 is 2.34 bits per heavy atom. The van der Waals surface area contributed by atoms with Gasteiger partial charge in [0.15, 0.2) is 5.82 Å². The van der Waals surface area contributed by atoms with Gasteiger partial charge >= 0.3 is 0 Å². The maximum absolute atomic E-state index is 13.1. The summed E-state index contributed by atoms with van der Waals surface area (Å²) in [6.45, 7) is 5.97. The second-order valence-corrected chi connectivity index (χ2v) is 10.5. The van der Waals surface area contributed by atoms with Crippen LogP contribution in [0.3, 0.4) is 0 Å². The number of benzene rings is 2. The van der Waals surface area contributed by atoms with Gasteiger partial charge in [-0.3, -0.25) is 19.4 Å². The van der Waals surface area contributed by atoms with E-state index < -0.39 is 0 Å². The maximum Gasteiger partial charge on any atom is 0.253 e. The topological polar surface area (TPSA) is 112 Å². The molecule has 2 fully saturated rings. The van der Waals surface area contributed by atoms with Crippen LogP contribution in [-0.2, 0) is 9.59 Å². The highest BCUT2D eigenvalue weighted by Gasteiger charge is 2.31. The largest absolute Gasteiger partial charge is 0.457 e. The Kier molecular flexibility index (Phi) is 7.13. The van der Waals surface area contributed by atoms with Crippen molar-refractivity contribution in [2.24, 2.45) is 0 Å². The number of carbonyl (C=O) groups is 3. The molecule has 0 radical (unpaired) electrons. The number of imidazole rings is 1. The van der Waals surface area contributed by atoms with Gasteiger partial charge in [0.1, 0.15) is 17.2 Å².